The van der Waals surface area contributed by atoms with E-state index < -0.39 is 0 Å². The van der Waals surface area contributed by atoms with Gasteiger partial charge in [-0.3, -0.25) is 14.2 Å². The average Bonchev–Trinajstić information content (AvgIpc) is 3.14. The second kappa shape index (κ2) is 9.42. The fourth-order valence-electron chi connectivity index (χ4n) is 3.23. The Hall–Kier alpha value is -2.68. The molecule has 0 bridgehead atoms. The predicted octanol–water partition coefficient (Wildman–Crippen LogP) is 3.05. The van der Waals surface area contributed by atoms with E-state index in [0.717, 1.165) is 16.5 Å². The van der Waals surface area contributed by atoms with E-state index in [1.807, 2.05) is 54.6 Å². The highest BCUT2D eigenvalue weighted by atomic mass is 32.2. The maximum absolute atomic E-state index is 13.0. The summed E-state index contributed by atoms with van der Waals surface area (Å²) < 4.78 is 3.02. The van der Waals surface area contributed by atoms with Crippen molar-refractivity contribution in [2.75, 3.05) is 18.9 Å². The molecule has 4 rings (SSSR count). The van der Waals surface area contributed by atoms with Gasteiger partial charge in [-0.2, -0.15) is 0 Å². The summed E-state index contributed by atoms with van der Waals surface area (Å²) in [5.41, 5.74) is 1.64. The topological polar surface area (TPSA) is 84.2 Å². The summed E-state index contributed by atoms with van der Waals surface area (Å²) in [4.78, 5) is 30.0. The molecule has 2 aromatic carbocycles. The molecule has 2 heterocycles. The molecule has 0 atom stereocenters. The molecule has 0 spiro atoms. The summed E-state index contributed by atoms with van der Waals surface area (Å²) >= 11 is 2.62. The molecule has 0 unspecified atom stereocenters. The minimum absolute atomic E-state index is 0.115. The fourth-order valence-corrected chi connectivity index (χ4v) is 5.17. The summed E-state index contributed by atoms with van der Waals surface area (Å²) in [6.07, 6.45) is 0.761. The van der Waals surface area contributed by atoms with Crippen molar-refractivity contribution in [1.82, 2.24) is 14.9 Å². The van der Waals surface area contributed by atoms with E-state index in [1.165, 1.54) is 33.2 Å². The van der Waals surface area contributed by atoms with E-state index in [0.29, 0.717) is 21.9 Å². The van der Waals surface area contributed by atoms with E-state index in [2.05, 4.69) is 10.3 Å². The Morgan fingerprint density at radius 3 is 2.70 bits per heavy atom. The lowest BCUT2D eigenvalue weighted by Gasteiger charge is -2.11. The third kappa shape index (κ3) is 4.40. The van der Waals surface area contributed by atoms with Gasteiger partial charge in [-0.25, -0.2) is 4.98 Å². The summed E-state index contributed by atoms with van der Waals surface area (Å²) in [5.74, 6) is 0.0382. The molecule has 4 aromatic rings. The van der Waals surface area contributed by atoms with Gasteiger partial charge in [0.15, 0.2) is 5.16 Å². The van der Waals surface area contributed by atoms with Crippen LogP contribution in [0.1, 0.15) is 5.56 Å². The lowest BCUT2D eigenvalue weighted by molar-refractivity contribution is -0.118. The summed E-state index contributed by atoms with van der Waals surface area (Å²) in [5, 5.41) is 13.7. The Kier molecular flexibility index (Phi) is 6.47. The molecule has 6 nitrogen and oxygen atoms in total. The van der Waals surface area contributed by atoms with Crippen molar-refractivity contribution >= 4 is 49.3 Å². The molecule has 0 radical (unpaired) electrons. The SMILES string of the molecule is O=C(CSc1nc2c(sc3ccccc32)c(=O)n1CCO)NCCc1ccccc1. The van der Waals surface area contributed by atoms with Gasteiger partial charge >= 0.3 is 0 Å². The number of carbonyl (C=O) groups excluding carboxylic acids is 1. The van der Waals surface area contributed by atoms with Crippen molar-refractivity contribution in [2.24, 2.45) is 0 Å². The normalized spacial score (nSPS) is 11.2. The van der Waals surface area contributed by atoms with Gasteiger partial charge in [0.2, 0.25) is 5.91 Å². The highest BCUT2D eigenvalue weighted by molar-refractivity contribution is 7.99. The van der Waals surface area contributed by atoms with E-state index in [4.69, 9.17) is 0 Å². The number of thioether (sulfide) groups is 1. The van der Waals surface area contributed by atoms with Crippen LogP contribution in [0.4, 0.5) is 0 Å². The zero-order chi connectivity index (χ0) is 20.9. The lowest BCUT2D eigenvalue weighted by Crippen LogP contribution is -2.28. The molecule has 0 aliphatic carbocycles. The molecule has 1 amide bonds. The third-order valence-corrected chi connectivity index (χ3v) is 6.81. The Morgan fingerprint density at radius 2 is 1.90 bits per heavy atom. The summed E-state index contributed by atoms with van der Waals surface area (Å²) in [7, 11) is 0. The van der Waals surface area contributed by atoms with Crippen LogP contribution in [0.25, 0.3) is 20.3 Å². The number of amides is 1. The van der Waals surface area contributed by atoms with Gasteiger partial charge in [0.25, 0.3) is 5.56 Å². The number of aliphatic hydroxyl groups is 1. The number of hydrogen-bond acceptors (Lipinski definition) is 6. The molecular formula is C22H21N3O3S2. The quantitative estimate of drug-likeness (QED) is 0.326. The molecule has 0 aliphatic heterocycles. The second-order valence-electron chi connectivity index (χ2n) is 6.72. The third-order valence-electron chi connectivity index (χ3n) is 4.68. The number of nitrogens with zero attached hydrogens (tertiary/aromatic N) is 2. The minimum atomic E-state index is -0.178. The van der Waals surface area contributed by atoms with Gasteiger partial charge in [-0.15, -0.1) is 11.3 Å². The molecule has 30 heavy (non-hydrogen) atoms. The van der Waals surface area contributed by atoms with E-state index >= 15 is 0 Å². The molecule has 2 N–H and O–H groups in total. The number of thiophene rings is 1. The molecule has 2 aromatic heterocycles. The smallest absolute Gasteiger partial charge is 0.272 e. The first-order valence-electron chi connectivity index (χ1n) is 9.63. The molecule has 0 saturated heterocycles. The van der Waals surface area contributed by atoms with Crippen molar-refractivity contribution < 1.29 is 9.90 Å². The van der Waals surface area contributed by atoms with Crippen LogP contribution in [0.15, 0.2) is 64.5 Å². The van der Waals surface area contributed by atoms with Gasteiger partial charge in [-0.1, -0.05) is 60.3 Å². The van der Waals surface area contributed by atoms with Crippen LogP contribution in [0.5, 0.6) is 0 Å². The highest BCUT2D eigenvalue weighted by Gasteiger charge is 2.17. The van der Waals surface area contributed by atoms with Crippen LogP contribution in [0.3, 0.4) is 0 Å². The van der Waals surface area contributed by atoms with Crippen molar-refractivity contribution in [2.45, 2.75) is 18.1 Å². The maximum Gasteiger partial charge on any atom is 0.272 e. The first-order valence-corrected chi connectivity index (χ1v) is 11.4. The lowest BCUT2D eigenvalue weighted by atomic mass is 10.1. The average molecular weight is 440 g/mol. The van der Waals surface area contributed by atoms with Crippen molar-refractivity contribution in [3.63, 3.8) is 0 Å². The Labute approximate surface area is 181 Å². The van der Waals surface area contributed by atoms with Gasteiger partial charge < -0.3 is 10.4 Å². The number of rotatable bonds is 8. The number of aliphatic hydroxyl groups excluding tert-OH is 1. The Bertz CT molecular complexity index is 1240. The number of aromatic nitrogens is 2. The predicted molar refractivity (Wildman–Crippen MR) is 122 cm³/mol. The molecule has 8 heteroatoms. The summed E-state index contributed by atoms with van der Waals surface area (Å²) in [6.45, 7) is 0.525. The van der Waals surface area contributed by atoms with Gasteiger partial charge in [0.05, 0.1) is 24.4 Å². The minimum Gasteiger partial charge on any atom is -0.395 e. The molecule has 0 fully saturated rings. The van der Waals surface area contributed by atoms with E-state index in [-0.39, 0.29) is 30.4 Å². The summed E-state index contributed by atoms with van der Waals surface area (Å²) in [6, 6.07) is 17.7. The monoisotopic (exact) mass is 439 g/mol. The van der Waals surface area contributed by atoms with Crippen LogP contribution >= 0.6 is 23.1 Å². The maximum atomic E-state index is 13.0. The van der Waals surface area contributed by atoms with Crippen molar-refractivity contribution in [3.05, 3.63) is 70.5 Å². The van der Waals surface area contributed by atoms with E-state index in [1.54, 1.807) is 0 Å². The standard InChI is InChI=1S/C22H21N3O3S2/c26-13-12-25-21(28)20-19(16-8-4-5-9-17(16)30-20)24-22(25)29-14-18(27)23-11-10-15-6-2-1-3-7-15/h1-9,26H,10-14H2,(H,23,27). The Balaban J connectivity index is 1.51. The number of benzene rings is 2. The Morgan fingerprint density at radius 1 is 1.13 bits per heavy atom. The van der Waals surface area contributed by atoms with Gasteiger partial charge in [0, 0.05) is 16.6 Å². The molecule has 154 valence electrons. The zero-order valence-electron chi connectivity index (χ0n) is 16.2. The first kappa shape index (κ1) is 20.6. The second-order valence-corrected chi connectivity index (χ2v) is 8.72. The zero-order valence-corrected chi connectivity index (χ0v) is 17.8. The molecule has 0 aliphatic rings. The van der Waals surface area contributed by atoms with Crippen LogP contribution in [-0.2, 0) is 17.8 Å². The van der Waals surface area contributed by atoms with Crippen molar-refractivity contribution in [3.8, 4) is 0 Å². The van der Waals surface area contributed by atoms with Crippen LogP contribution in [0.2, 0.25) is 0 Å². The van der Waals surface area contributed by atoms with Crippen molar-refractivity contribution in [1.29, 1.82) is 0 Å². The highest BCUT2D eigenvalue weighted by Crippen LogP contribution is 2.31. The van der Waals surface area contributed by atoms with Crippen LogP contribution < -0.4 is 10.9 Å². The van der Waals surface area contributed by atoms with Gasteiger partial charge in [0.1, 0.15) is 4.70 Å². The molecule has 0 saturated carbocycles. The van der Waals surface area contributed by atoms with Crippen LogP contribution in [0, 0.1) is 0 Å². The fraction of sp³-hybridized carbons (Fsp3) is 0.227. The number of carbonyl (C=O) groups is 1. The largest absolute Gasteiger partial charge is 0.395 e. The van der Waals surface area contributed by atoms with E-state index in [9.17, 15) is 14.7 Å². The number of nitrogens with one attached hydrogen (secondary N) is 1. The number of hydrogen-bond donors (Lipinski definition) is 2. The number of fused-ring (bicyclic) bond motifs is 3. The van der Waals surface area contributed by atoms with Crippen LogP contribution in [-0.4, -0.2) is 39.5 Å². The van der Waals surface area contributed by atoms with Gasteiger partial charge in [-0.05, 0) is 18.1 Å². The molecular weight excluding hydrogens is 418 g/mol. The first-order chi connectivity index (χ1) is 14.7.